The van der Waals surface area contributed by atoms with Crippen LogP contribution in [0, 0.1) is 5.92 Å². The van der Waals surface area contributed by atoms with Gasteiger partial charge in [-0.2, -0.15) is 0 Å². The Morgan fingerprint density at radius 3 is 2.40 bits per heavy atom. The van der Waals surface area contributed by atoms with Crippen LogP contribution in [-0.2, 0) is 16.1 Å². The summed E-state index contributed by atoms with van der Waals surface area (Å²) in [5.74, 6) is -0.360. The summed E-state index contributed by atoms with van der Waals surface area (Å²) in [4.78, 5) is 32.0. The van der Waals surface area contributed by atoms with Crippen LogP contribution in [0.5, 0.6) is 0 Å². The molecule has 2 amide bonds. The monoisotopic (exact) mass is 481 g/mol. The summed E-state index contributed by atoms with van der Waals surface area (Å²) >= 11 is 1.62. The number of carbonyl (C=O) groups excluding carboxylic acids is 2. The Morgan fingerprint density at radius 2 is 1.69 bits per heavy atom. The lowest BCUT2D eigenvalue weighted by atomic mass is 10.1. The van der Waals surface area contributed by atoms with Gasteiger partial charge in [0.05, 0.1) is 17.7 Å². The van der Waals surface area contributed by atoms with E-state index in [0.29, 0.717) is 13.1 Å². The minimum Gasteiger partial charge on any atom is -0.352 e. The quantitative estimate of drug-likeness (QED) is 0.368. The summed E-state index contributed by atoms with van der Waals surface area (Å²) in [6, 6.07) is 28.2. The first-order valence-corrected chi connectivity index (χ1v) is 12.7. The number of hydrogen-bond donors (Lipinski definition) is 1. The van der Waals surface area contributed by atoms with Gasteiger partial charge in [-0.3, -0.25) is 9.59 Å². The van der Waals surface area contributed by atoms with Crippen LogP contribution in [0.15, 0.2) is 90.3 Å². The number of nitrogens with zero attached hydrogens (tertiary/aromatic N) is 2. The average molecular weight is 482 g/mol. The van der Waals surface area contributed by atoms with Crippen molar-refractivity contribution >= 4 is 23.2 Å². The summed E-state index contributed by atoms with van der Waals surface area (Å²) < 4.78 is 0. The van der Waals surface area contributed by atoms with E-state index in [1.807, 2.05) is 84.6 Å². The molecule has 2 heterocycles. The lowest BCUT2D eigenvalue weighted by Crippen LogP contribution is -2.33. The Kier molecular flexibility index (Phi) is 6.73. The predicted molar refractivity (Wildman–Crippen MR) is 140 cm³/mol. The fourth-order valence-corrected chi connectivity index (χ4v) is 5.27. The molecule has 0 spiro atoms. The molecule has 176 valence electrons. The van der Waals surface area contributed by atoms with Crippen molar-refractivity contribution in [2.45, 2.75) is 25.9 Å². The molecule has 1 fully saturated rings. The van der Waals surface area contributed by atoms with E-state index in [2.05, 4.69) is 22.8 Å². The van der Waals surface area contributed by atoms with Crippen LogP contribution in [0.25, 0.3) is 21.8 Å². The number of nitrogens with one attached hydrogen (secondary N) is 1. The van der Waals surface area contributed by atoms with Gasteiger partial charge < -0.3 is 10.2 Å². The van der Waals surface area contributed by atoms with E-state index < -0.39 is 0 Å². The SMILES string of the molecule is CC(c1ccccc1)N1CC(C(=O)NCc2ccc(-c3nc(-c4ccccc4)cs3)cc2)CC1=O. The smallest absolute Gasteiger partial charge is 0.225 e. The van der Waals surface area contributed by atoms with Gasteiger partial charge in [0, 0.05) is 36.0 Å². The van der Waals surface area contributed by atoms with Gasteiger partial charge >= 0.3 is 0 Å². The molecule has 1 aromatic heterocycles. The first-order chi connectivity index (χ1) is 17.1. The van der Waals surface area contributed by atoms with E-state index in [-0.39, 0.29) is 30.2 Å². The first kappa shape index (κ1) is 23.0. The van der Waals surface area contributed by atoms with Crippen LogP contribution in [0.3, 0.4) is 0 Å². The molecule has 5 rings (SSSR count). The molecule has 0 aliphatic carbocycles. The van der Waals surface area contributed by atoms with E-state index in [0.717, 1.165) is 33.0 Å². The third-order valence-corrected chi connectivity index (χ3v) is 7.41. The molecule has 0 saturated carbocycles. The van der Waals surface area contributed by atoms with E-state index in [9.17, 15) is 9.59 Å². The summed E-state index contributed by atoms with van der Waals surface area (Å²) in [6.45, 7) is 2.90. The zero-order valence-corrected chi connectivity index (χ0v) is 20.4. The highest BCUT2D eigenvalue weighted by Gasteiger charge is 2.36. The lowest BCUT2D eigenvalue weighted by molar-refractivity contribution is -0.130. The molecule has 0 radical (unpaired) electrons. The summed E-state index contributed by atoms with van der Waals surface area (Å²) in [6.07, 6.45) is 0.260. The third kappa shape index (κ3) is 5.17. The number of hydrogen-bond acceptors (Lipinski definition) is 4. The van der Waals surface area contributed by atoms with Crippen molar-refractivity contribution in [2.24, 2.45) is 5.92 Å². The summed E-state index contributed by atoms with van der Waals surface area (Å²) in [7, 11) is 0. The maximum Gasteiger partial charge on any atom is 0.225 e. The van der Waals surface area contributed by atoms with Crippen molar-refractivity contribution in [3.8, 4) is 21.8 Å². The van der Waals surface area contributed by atoms with Crippen LogP contribution in [0.4, 0.5) is 0 Å². The maximum absolute atomic E-state index is 12.8. The second-order valence-corrected chi connectivity index (χ2v) is 9.71. The Morgan fingerprint density at radius 1 is 1.00 bits per heavy atom. The molecule has 6 heteroatoms. The molecular weight excluding hydrogens is 454 g/mol. The van der Waals surface area contributed by atoms with Crippen LogP contribution in [0.2, 0.25) is 0 Å². The first-order valence-electron chi connectivity index (χ1n) is 11.8. The molecule has 1 N–H and O–H groups in total. The molecule has 1 aliphatic heterocycles. The standard InChI is InChI=1S/C29H27N3O2S/c1-20(22-8-4-2-5-9-22)32-18-25(16-27(32)33)28(34)30-17-21-12-14-24(15-13-21)29-31-26(19-35-29)23-10-6-3-7-11-23/h2-15,19-20,25H,16-18H2,1H3,(H,30,34). The van der Waals surface area contributed by atoms with E-state index >= 15 is 0 Å². The van der Waals surface area contributed by atoms with Crippen molar-refractivity contribution in [1.82, 2.24) is 15.2 Å². The molecule has 1 saturated heterocycles. The highest BCUT2D eigenvalue weighted by molar-refractivity contribution is 7.13. The van der Waals surface area contributed by atoms with Gasteiger partial charge in [0.15, 0.2) is 0 Å². The fourth-order valence-electron chi connectivity index (χ4n) is 4.44. The Bertz CT molecular complexity index is 1300. The molecule has 0 bridgehead atoms. The molecule has 2 unspecified atom stereocenters. The molecule has 1 aliphatic rings. The zero-order chi connectivity index (χ0) is 24.2. The van der Waals surface area contributed by atoms with Gasteiger partial charge in [-0.25, -0.2) is 4.98 Å². The third-order valence-electron chi connectivity index (χ3n) is 6.52. The van der Waals surface area contributed by atoms with Gasteiger partial charge in [-0.1, -0.05) is 84.9 Å². The number of likely N-dealkylation sites (tertiary alicyclic amines) is 1. The molecule has 3 aromatic carbocycles. The highest BCUT2D eigenvalue weighted by atomic mass is 32.1. The van der Waals surface area contributed by atoms with Crippen LogP contribution in [-0.4, -0.2) is 28.2 Å². The Labute approximate surface area is 209 Å². The number of rotatable bonds is 7. The van der Waals surface area contributed by atoms with E-state index in [1.54, 1.807) is 11.3 Å². The Hall–Kier alpha value is -3.77. The minimum atomic E-state index is -0.320. The average Bonchev–Trinajstić information content (AvgIpc) is 3.56. The van der Waals surface area contributed by atoms with Crippen LogP contribution < -0.4 is 5.32 Å². The molecular formula is C29H27N3O2S. The van der Waals surface area contributed by atoms with Crippen molar-refractivity contribution in [2.75, 3.05) is 6.54 Å². The minimum absolute atomic E-state index is 0.0316. The second kappa shape index (κ2) is 10.2. The number of carbonyl (C=O) groups is 2. The van der Waals surface area contributed by atoms with Crippen molar-refractivity contribution in [3.63, 3.8) is 0 Å². The van der Waals surface area contributed by atoms with Gasteiger partial charge in [-0.15, -0.1) is 11.3 Å². The second-order valence-electron chi connectivity index (χ2n) is 8.85. The van der Waals surface area contributed by atoms with Gasteiger partial charge in [0.1, 0.15) is 5.01 Å². The highest BCUT2D eigenvalue weighted by Crippen LogP contribution is 2.30. The lowest BCUT2D eigenvalue weighted by Gasteiger charge is -2.25. The van der Waals surface area contributed by atoms with E-state index in [1.165, 1.54) is 0 Å². The maximum atomic E-state index is 12.8. The number of benzene rings is 3. The van der Waals surface area contributed by atoms with E-state index in [4.69, 9.17) is 4.98 Å². The topological polar surface area (TPSA) is 62.3 Å². The largest absolute Gasteiger partial charge is 0.352 e. The predicted octanol–water partition coefficient (Wildman–Crippen LogP) is 5.70. The van der Waals surface area contributed by atoms with Crippen molar-refractivity contribution in [3.05, 3.63) is 101 Å². The molecule has 5 nitrogen and oxygen atoms in total. The van der Waals surface area contributed by atoms with Crippen LogP contribution >= 0.6 is 11.3 Å². The number of thiazole rings is 1. The Balaban J connectivity index is 1.16. The van der Waals surface area contributed by atoms with Gasteiger partial charge in [0.25, 0.3) is 0 Å². The zero-order valence-electron chi connectivity index (χ0n) is 19.6. The van der Waals surface area contributed by atoms with Gasteiger partial charge in [-0.05, 0) is 18.1 Å². The molecule has 2 atom stereocenters. The molecule has 35 heavy (non-hydrogen) atoms. The van der Waals surface area contributed by atoms with Crippen LogP contribution in [0.1, 0.15) is 30.5 Å². The number of amides is 2. The summed E-state index contributed by atoms with van der Waals surface area (Å²) in [5.41, 5.74) is 5.23. The van der Waals surface area contributed by atoms with Gasteiger partial charge in [0.2, 0.25) is 11.8 Å². The van der Waals surface area contributed by atoms with Crippen molar-refractivity contribution in [1.29, 1.82) is 0 Å². The van der Waals surface area contributed by atoms with Crippen molar-refractivity contribution < 1.29 is 9.59 Å². The molecule has 4 aromatic rings. The fraction of sp³-hybridized carbons (Fsp3) is 0.207. The normalized spacial score (nSPS) is 16.3. The number of aromatic nitrogens is 1. The summed E-state index contributed by atoms with van der Waals surface area (Å²) in [5, 5.41) is 6.06.